The van der Waals surface area contributed by atoms with E-state index in [4.69, 9.17) is 10.2 Å². The van der Waals surface area contributed by atoms with Crippen molar-refractivity contribution < 1.29 is 10.2 Å². The quantitative estimate of drug-likeness (QED) is 0.494. The van der Waals surface area contributed by atoms with Gasteiger partial charge in [-0.05, 0) is 38.3 Å². The van der Waals surface area contributed by atoms with Crippen molar-refractivity contribution in [2.45, 2.75) is 39.2 Å². The molecule has 3 nitrogen and oxygen atoms in total. The molecule has 0 spiro atoms. The lowest BCUT2D eigenvalue weighted by atomic mass is 10.1. The van der Waals surface area contributed by atoms with Gasteiger partial charge in [-0.25, -0.2) is 0 Å². The molecule has 0 amide bonds. The highest BCUT2D eigenvalue weighted by atomic mass is 16.3. The van der Waals surface area contributed by atoms with Crippen LogP contribution in [0.5, 0.6) is 0 Å². The highest BCUT2D eigenvalue weighted by Crippen LogP contribution is 1.99. The van der Waals surface area contributed by atoms with E-state index in [9.17, 15) is 0 Å². The van der Waals surface area contributed by atoms with E-state index in [1.165, 1.54) is 0 Å². The largest absolute Gasteiger partial charge is 0.394 e. The van der Waals surface area contributed by atoms with E-state index in [0.717, 1.165) is 25.9 Å². The van der Waals surface area contributed by atoms with Crippen LogP contribution < -0.4 is 5.32 Å². The summed E-state index contributed by atoms with van der Waals surface area (Å²) in [4.78, 5) is 0. The Hall–Kier alpha value is -0.120. The Bertz CT molecular complexity index is 107. The molecule has 80 valence electrons. The standard InChI is InChI=1S/C10H23NO2/c1-9(2)7-11-6-4-3-5-10(13)8-12/h9-13H,3-8H2,1-2H3/t10-/m0/s1. The zero-order chi connectivity index (χ0) is 10.1. The highest BCUT2D eigenvalue weighted by Gasteiger charge is 2.00. The van der Waals surface area contributed by atoms with Crippen molar-refractivity contribution in [2.24, 2.45) is 5.92 Å². The second kappa shape index (κ2) is 8.48. The minimum atomic E-state index is -0.523. The first kappa shape index (κ1) is 12.9. The van der Waals surface area contributed by atoms with Crippen molar-refractivity contribution in [3.05, 3.63) is 0 Å². The Kier molecular flexibility index (Phi) is 8.40. The van der Waals surface area contributed by atoms with Crippen LogP contribution in [-0.2, 0) is 0 Å². The molecule has 0 fully saturated rings. The van der Waals surface area contributed by atoms with Gasteiger partial charge in [0.1, 0.15) is 0 Å². The van der Waals surface area contributed by atoms with Gasteiger partial charge in [-0.15, -0.1) is 0 Å². The molecule has 0 heterocycles. The van der Waals surface area contributed by atoms with E-state index in [0.29, 0.717) is 12.3 Å². The smallest absolute Gasteiger partial charge is 0.0770 e. The molecule has 0 radical (unpaired) electrons. The zero-order valence-electron chi connectivity index (χ0n) is 8.79. The summed E-state index contributed by atoms with van der Waals surface area (Å²) in [5, 5.41) is 20.9. The predicted molar refractivity (Wildman–Crippen MR) is 54.7 cm³/mol. The lowest BCUT2D eigenvalue weighted by Crippen LogP contribution is -2.21. The van der Waals surface area contributed by atoms with Crippen LogP contribution in [0.1, 0.15) is 33.1 Å². The van der Waals surface area contributed by atoms with E-state index in [1.54, 1.807) is 0 Å². The van der Waals surface area contributed by atoms with Gasteiger partial charge in [-0.1, -0.05) is 13.8 Å². The summed E-state index contributed by atoms with van der Waals surface area (Å²) in [6.45, 7) is 6.32. The molecule has 0 aliphatic carbocycles. The number of nitrogens with one attached hydrogen (secondary N) is 1. The molecule has 0 rings (SSSR count). The summed E-state index contributed by atoms with van der Waals surface area (Å²) in [5.41, 5.74) is 0. The molecule has 0 unspecified atom stereocenters. The van der Waals surface area contributed by atoms with Crippen LogP contribution in [-0.4, -0.2) is 36.0 Å². The fourth-order valence-corrected chi connectivity index (χ4v) is 1.11. The lowest BCUT2D eigenvalue weighted by molar-refractivity contribution is 0.0861. The molecular weight excluding hydrogens is 166 g/mol. The number of unbranched alkanes of at least 4 members (excludes halogenated alkanes) is 1. The van der Waals surface area contributed by atoms with E-state index >= 15 is 0 Å². The number of aliphatic hydroxyl groups is 2. The van der Waals surface area contributed by atoms with Crippen LogP contribution in [0.15, 0.2) is 0 Å². The van der Waals surface area contributed by atoms with Crippen molar-refractivity contribution in [2.75, 3.05) is 19.7 Å². The summed E-state index contributed by atoms with van der Waals surface area (Å²) in [5.74, 6) is 0.697. The van der Waals surface area contributed by atoms with Gasteiger partial charge >= 0.3 is 0 Å². The lowest BCUT2D eigenvalue weighted by Gasteiger charge is -2.08. The molecule has 0 aliphatic rings. The normalized spacial score (nSPS) is 13.6. The fourth-order valence-electron chi connectivity index (χ4n) is 1.11. The molecular formula is C10H23NO2. The van der Waals surface area contributed by atoms with E-state index in [2.05, 4.69) is 19.2 Å². The topological polar surface area (TPSA) is 52.5 Å². The number of hydrogen-bond acceptors (Lipinski definition) is 3. The third kappa shape index (κ3) is 9.80. The molecule has 0 aliphatic heterocycles. The predicted octanol–water partition coefficient (Wildman–Crippen LogP) is 0.756. The monoisotopic (exact) mass is 189 g/mol. The third-order valence-corrected chi connectivity index (χ3v) is 1.90. The maximum atomic E-state index is 9.03. The Labute approximate surface area is 81.2 Å². The average Bonchev–Trinajstić information content (AvgIpc) is 2.10. The number of hydrogen-bond donors (Lipinski definition) is 3. The van der Waals surface area contributed by atoms with Gasteiger partial charge in [0.15, 0.2) is 0 Å². The molecule has 13 heavy (non-hydrogen) atoms. The first-order valence-electron chi connectivity index (χ1n) is 5.16. The van der Waals surface area contributed by atoms with Crippen molar-refractivity contribution in [3.63, 3.8) is 0 Å². The van der Waals surface area contributed by atoms with Crippen molar-refractivity contribution in [1.29, 1.82) is 0 Å². The van der Waals surface area contributed by atoms with E-state index in [1.807, 2.05) is 0 Å². The summed E-state index contributed by atoms with van der Waals surface area (Å²) >= 11 is 0. The summed E-state index contributed by atoms with van der Waals surface area (Å²) in [6.07, 6.45) is 2.24. The first-order chi connectivity index (χ1) is 6.16. The minimum Gasteiger partial charge on any atom is -0.394 e. The van der Waals surface area contributed by atoms with Crippen LogP contribution in [0.25, 0.3) is 0 Å². The van der Waals surface area contributed by atoms with Crippen LogP contribution in [0.3, 0.4) is 0 Å². The van der Waals surface area contributed by atoms with E-state index in [-0.39, 0.29) is 6.61 Å². The maximum absolute atomic E-state index is 9.03. The van der Waals surface area contributed by atoms with Gasteiger partial charge in [0.05, 0.1) is 12.7 Å². The number of rotatable bonds is 8. The van der Waals surface area contributed by atoms with Crippen LogP contribution >= 0.6 is 0 Å². The highest BCUT2D eigenvalue weighted by molar-refractivity contribution is 4.55. The molecule has 0 aromatic carbocycles. The molecule has 0 saturated carbocycles. The van der Waals surface area contributed by atoms with Gasteiger partial charge in [0, 0.05) is 0 Å². The van der Waals surface area contributed by atoms with Crippen molar-refractivity contribution in [3.8, 4) is 0 Å². The van der Waals surface area contributed by atoms with Crippen molar-refractivity contribution >= 4 is 0 Å². The number of aliphatic hydroxyl groups excluding tert-OH is 2. The van der Waals surface area contributed by atoms with Crippen molar-refractivity contribution in [1.82, 2.24) is 5.32 Å². The van der Waals surface area contributed by atoms with Gasteiger partial charge in [0.25, 0.3) is 0 Å². The van der Waals surface area contributed by atoms with Gasteiger partial charge in [0.2, 0.25) is 0 Å². The van der Waals surface area contributed by atoms with Crippen LogP contribution in [0.4, 0.5) is 0 Å². The second-order valence-electron chi connectivity index (χ2n) is 3.93. The molecule has 0 saturated heterocycles. The molecule has 3 heteroatoms. The third-order valence-electron chi connectivity index (χ3n) is 1.90. The second-order valence-corrected chi connectivity index (χ2v) is 3.93. The maximum Gasteiger partial charge on any atom is 0.0770 e. The Morgan fingerprint density at radius 3 is 2.46 bits per heavy atom. The Morgan fingerprint density at radius 1 is 1.23 bits per heavy atom. The molecule has 0 bridgehead atoms. The molecule has 3 N–H and O–H groups in total. The Morgan fingerprint density at radius 2 is 1.92 bits per heavy atom. The van der Waals surface area contributed by atoms with Crippen LogP contribution in [0.2, 0.25) is 0 Å². The molecule has 1 atom stereocenters. The molecule has 0 aromatic heterocycles. The zero-order valence-corrected chi connectivity index (χ0v) is 8.79. The van der Waals surface area contributed by atoms with Crippen LogP contribution in [0, 0.1) is 5.92 Å². The summed E-state index contributed by atoms with van der Waals surface area (Å²) in [7, 11) is 0. The SMILES string of the molecule is CC(C)CNCCCC[C@H](O)CO. The fraction of sp³-hybridized carbons (Fsp3) is 1.00. The summed E-state index contributed by atoms with van der Waals surface area (Å²) < 4.78 is 0. The van der Waals surface area contributed by atoms with Gasteiger partial charge in [-0.3, -0.25) is 0 Å². The Balaban J connectivity index is 2.99. The average molecular weight is 189 g/mol. The van der Waals surface area contributed by atoms with Gasteiger partial charge in [-0.2, -0.15) is 0 Å². The van der Waals surface area contributed by atoms with E-state index < -0.39 is 6.10 Å². The molecule has 0 aromatic rings. The van der Waals surface area contributed by atoms with Gasteiger partial charge < -0.3 is 15.5 Å². The first-order valence-corrected chi connectivity index (χ1v) is 5.16. The summed E-state index contributed by atoms with van der Waals surface area (Å²) in [6, 6.07) is 0. The minimum absolute atomic E-state index is 0.112.